The van der Waals surface area contributed by atoms with Gasteiger partial charge in [-0.2, -0.15) is 0 Å². The zero-order valence-corrected chi connectivity index (χ0v) is 14.5. The number of esters is 1. The Kier molecular flexibility index (Phi) is 4.39. The van der Waals surface area contributed by atoms with Crippen LogP contribution in [0.25, 0.3) is 10.9 Å². The molecule has 4 rings (SSSR count). The average molecular weight is 350 g/mol. The second-order valence-corrected chi connectivity index (χ2v) is 6.58. The van der Waals surface area contributed by atoms with Crippen LogP contribution in [0.4, 0.5) is 4.39 Å². The normalized spacial score (nSPS) is 14.2. The number of ether oxygens (including phenoxy) is 1. The Morgan fingerprint density at radius 2 is 1.96 bits per heavy atom. The van der Waals surface area contributed by atoms with Crippen LogP contribution >= 0.6 is 0 Å². The van der Waals surface area contributed by atoms with Gasteiger partial charge in [-0.1, -0.05) is 36.4 Å². The highest BCUT2D eigenvalue weighted by Crippen LogP contribution is 2.28. The van der Waals surface area contributed by atoms with Crippen LogP contribution in [0.1, 0.15) is 27.2 Å². The van der Waals surface area contributed by atoms with Crippen molar-refractivity contribution in [3.05, 3.63) is 76.7 Å². The van der Waals surface area contributed by atoms with Gasteiger partial charge < -0.3 is 9.64 Å². The fraction of sp³-hybridized carbons (Fsp3) is 0.238. The molecule has 0 bridgehead atoms. The third-order valence-corrected chi connectivity index (χ3v) is 4.76. The number of benzene rings is 2. The molecule has 1 aliphatic rings. The fourth-order valence-corrected chi connectivity index (χ4v) is 3.39. The summed E-state index contributed by atoms with van der Waals surface area (Å²) in [5.74, 6) is -0.806. The van der Waals surface area contributed by atoms with Gasteiger partial charge in [0.1, 0.15) is 12.4 Å². The van der Waals surface area contributed by atoms with Gasteiger partial charge in [-0.05, 0) is 19.2 Å². The lowest BCUT2D eigenvalue weighted by Gasteiger charge is -2.26. The van der Waals surface area contributed by atoms with Crippen molar-refractivity contribution in [1.29, 1.82) is 0 Å². The first-order valence-electron chi connectivity index (χ1n) is 8.63. The third kappa shape index (κ3) is 3.06. The van der Waals surface area contributed by atoms with Crippen molar-refractivity contribution in [2.45, 2.75) is 19.6 Å². The molecule has 0 saturated heterocycles. The Morgan fingerprint density at radius 1 is 1.19 bits per heavy atom. The molecule has 2 heterocycles. The molecule has 0 aliphatic carbocycles. The molecule has 4 nitrogen and oxygen atoms in total. The maximum absolute atomic E-state index is 13.8. The molecule has 0 fully saturated rings. The van der Waals surface area contributed by atoms with Gasteiger partial charge in [0, 0.05) is 41.7 Å². The maximum atomic E-state index is 13.8. The van der Waals surface area contributed by atoms with Crippen molar-refractivity contribution < 1.29 is 13.9 Å². The fourth-order valence-electron chi connectivity index (χ4n) is 3.39. The van der Waals surface area contributed by atoms with Gasteiger partial charge in [-0.25, -0.2) is 9.18 Å². The van der Waals surface area contributed by atoms with Crippen molar-refractivity contribution in [2.75, 3.05) is 13.6 Å². The van der Waals surface area contributed by atoms with Crippen LogP contribution in [0.3, 0.4) is 0 Å². The van der Waals surface area contributed by atoms with E-state index in [1.165, 1.54) is 6.07 Å². The summed E-state index contributed by atoms with van der Waals surface area (Å²) >= 11 is 0. The van der Waals surface area contributed by atoms with Crippen molar-refractivity contribution in [2.24, 2.45) is 0 Å². The standard InChI is InChI=1S/C21H19FN2O2/c1-24-11-10-19-16(12-24)20(15-7-3-5-9-18(15)23-19)21(25)26-13-14-6-2-4-8-17(14)22/h2-9H,10-13H2,1H3. The van der Waals surface area contributed by atoms with Crippen molar-refractivity contribution in [3.63, 3.8) is 0 Å². The minimum atomic E-state index is -0.432. The summed E-state index contributed by atoms with van der Waals surface area (Å²) in [7, 11) is 2.02. The van der Waals surface area contributed by atoms with E-state index >= 15 is 0 Å². The molecule has 0 N–H and O–H groups in total. The number of para-hydroxylation sites is 1. The monoisotopic (exact) mass is 350 g/mol. The number of nitrogens with zero attached hydrogens (tertiary/aromatic N) is 2. The van der Waals surface area contributed by atoms with Gasteiger partial charge in [-0.3, -0.25) is 4.98 Å². The van der Waals surface area contributed by atoms with E-state index in [0.29, 0.717) is 17.7 Å². The van der Waals surface area contributed by atoms with Crippen LogP contribution in [-0.4, -0.2) is 29.4 Å². The molecule has 0 amide bonds. The first-order valence-corrected chi connectivity index (χ1v) is 8.63. The summed E-state index contributed by atoms with van der Waals surface area (Å²) < 4.78 is 19.3. The van der Waals surface area contributed by atoms with Gasteiger partial charge in [0.25, 0.3) is 0 Å². The minimum Gasteiger partial charge on any atom is -0.457 e. The van der Waals surface area contributed by atoms with Crippen LogP contribution in [0, 0.1) is 5.82 Å². The number of rotatable bonds is 3. The number of likely N-dealkylation sites (N-methyl/N-ethyl adjacent to an activating group) is 1. The van der Waals surface area contributed by atoms with E-state index in [-0.39, 0.29) is 12.4 Å². The Balaban J connectivity index is 1.73. The predicted molar refractivity (Wildman–Crippen MR) is 97.3 cm³/mol. The SMILES string of the molecule is CN1CCc2nc3ccccc3c(C(=O)OCc3ccccc3F)c2C1. The van der Waals surface area contributed by atoms with E-state index in [1.807, 2.05) is 31.3 Å². The van der Waals surface area contributed by atoms with E-state index in [9.17, 15) is 9.18 Å². The van der Waals surface area contributed by atoms with Crippen molar-refractivity contribution >= 4 is 16.9 Å². The number of carbonyl (C=O) groups is 1. The summed E-state index contributed by atoms with van der Waals surface area (Å²) in [4.78, 5) is 19.8. The summed E-state index contributed by atoms with van der Waals surface area (Å²) in [6.07, 6.45) is 0.796. The lowest BCUT2D eigenvalue weighted by Crippen LogP contribution is -2.29. The minimum absolute atomic E-state index is 0.0905. The number of aromatic nitrogens is 1. The van der Waals surface area contributed by atoms with Crippen molar-refractivity contribution in [3.8, 4) is 0 Å². The van der Waals surface area contributed by atoms with Crippen LogP contribution < -0.4 is 0 Å². The molecule has 0 atom stereocenters. The molecule has 0 spiro atoms. The summed E-state index contributed by atoms with van der Waals surface area (Å²) in [6, 6.07) is 13.9. The Bertz CT molecular complexity index is 987. The van der Waals surface area contributed by atoms with Gasteiger partial charge in [0.05, 0.1) is 11.1 Å². The maximum Gasteiger partial charge on any atom is 0.339 e. The molecule has 3 aromatic rings. The molecule has 0 unspecified atom stereocenters. The molecule has 1 aromatic heterocycles. The van der Waals surface area contributed by atoms with Crippen LogP contribution in [-0.2, 0) is 24.3 Å². The molecule has 1 aliphatic heterocycles. The number of fused-ring (bicyclic) bond motifs is 2. The number of halogens is 1. The lowest BCUT2D eigenvalue weighted by atomic mass is 9.96. The van der Waals surface area contributed by atoms with Gasteiger partial charge in [-0.15, -0.1) is 0 Å². The van der Waals surface area contributed by atoms with Gasteiger partial charge in [0.15, 0.2) is 0 Å². The van der Waals surface area contributed by atoms with E-state index in [2.05, 4.69) is 4.90 Å². The zero-order valence-electron chi connectivity index (χ0n) is 14.5. The summed E-state index contributed by atoms with van der Waals surface area (Å²) in [5, 5.41) is 0.778. The van der Waals surface area contributed by atoms with Crippen molar-refractivity contribution in [1.82, 2.24) is 9.88 Å². The third-order valence-electron chi connectivity index (χ3n) is 4.76. The highest BCUT2D eigenvalue weighted by atomic mass is 19.1. The Morgan fingerprint density at radius 3 is 2.81 bits per heavy atom. The molecule has 26 heavy (non-hydrogen) atoms. The summed E-state index contributed by atoms with van der Waals surface area (Å²) in [6.45, 7) is 1.46. The van der Waals surface area contributed by atoms with Gasteiger partial charge in [0.2, 0.25) is 0 Å². The number of hydrogen-bond donors (Lipinski definition) is 0. The molecule has 132 valence electrons. The topological polar surface area (TPSA) is 42.4 Å². The Hall–Kier alpha value is -2.79. The van der Waals surface area contributed by atoms with E-state index in [4.69, 9.17) is 9.72 Å². The van der Waals surface area contributed by atoms with E-state index < -0.39 is 5.97 Å². The second-order valence-electron chi connectivity index (χ2n) is 6.58. The molecule has 0 radical (unpaired) electrons. The highest BCUT2D eigenvalue weighted by Gasteiger charge is 2.25. The lowest BCUT2D eigenvalue weighted by molar-refractivity contribution is 0.0468. The second kappa shape index (κ2) is 6.84. The molecular weight excluding hydrogens is 331 g/mol. The molecule has 2 aromatic carbocycles. The van der Waals surface area contributed by atoms with E-state index in [1.54, 1.807) is 18.2 Å². The molecule has 0 saturated carbocycles. The predicted octanol–water partition coefficient (Wildman–Crippen LogP) is 3.72. The zero-order chi connectivity index (χ0) is 18.1. The average Bonchev–Trinajstić information content (AvgIpc) is 2.65. The van der Waals surface area contributed by atoms with Crippen LogP contribution in [0.5, 0.6) is 0 Å². The van der Waals surface area contributed by atoms with Gasteiger partial charge >= 0.3 is 5.97 Å². The molecular formula is C21H19FN2O2. The smallest absolute Gasteiger partial charge is 0.339 e. The van der Waals surface area contributed by atoms with E-state index in [0.717, 1.165) is 35.1 Å². The Labute approximate surface area is 151 Å². The highest BCUT2D eigenvalue weighted by molar-refractivity contribution is 6.05. The number of pyridine rings is 1. The first kappa shape index (κ1) is 16.7. The molecule has 5 heteroatoms. The first-order chi connectivity index (χ1) is 12.6. The quantitative estimate of drug-likeness (QED) is 0.675. The number of hydrogen-bond acceptors (Lipinski definition) is 4. The largest absolute Gasteiger partial charge is 0.457 e. The summed E-state index contributed by atoms with van der Waals surface area (Å²) in [5.41, 5.74) is 3.56. The van der Waals surface area contributed by atoms with Crippen LogP contribution in [0.2, 0.25) is 0 Å². The van der Waals surface area contributed by atoms with Crippen LogP contribution in [0.15, 0.2) is 48.5 Å². The number of carbonyl (C=O) groups excluding carboxylic acids is 1.